The zero-order valence-corrected chi connectivity index (χ0v) is 11.2. The van der Waals surface area contributed by atoms with Crippen molar-refractivity contribution >= 4 is 17.3 Å². The third kappa shape index (κ3) is 3.92. The molecule has 0 radical (unpaired) electrons. The molecular weight excluding hydrogens is 232 g/mol. The summed E-state index contributed by atoms with van der Waals surface area (Å²) >= 11 is 0. The fourth-order valence-electron chi connectivity index (χ4n) is 1.52. The molecule has 0 spiro atoms. The number of carbonyl (C=O) groups excluding carboxylic acids is 1. The molecule has 1 atom stereocenters. The van der Waals surface area contributed by atoms with E-state index in [1.807, 2.05) is 13.8 Å². The minimum atomic E-state index is -0.521. The Hall–Kier alpha value is -1.75. The summed E-state index contributed by atoms with van der Waals surface area (Å²) < 4.78 is 10.6. The van der Waals surface area contributed by atoms with Gasteiger partial charge in [-0.3, -0.25) is 4.79 Å². The van der Waals surface area contributed by atoms with Crippen LogP contribution in [0, 0.1) is 0 Å². The summed E-state index contributed by atoms with van der Waals surface area (Å²) in [6.07, 6.45) is -0.522. The Morgan fingerprint density at radius 1 is 1.33 bits per heavy atom. The van der Waals surface area contributed by atoms with Gasteiger partial charge in [-0.1, -0.05) is 0 Å². The van der Waals surface area contributed by atoms with Gasteiger partial charge in [0, 0.05) is 11.8 Å². The predicted octanol–water partition coefficient (Wildman–Crippen LogP) is 2.03. The molecule has 5 heteroatoms. The van der Waals surface area contributed by atoms with Gasteiger partial charge in [0.05, 0.1) is 18.9 Å². The summed E-state index contributed by atoms with van der Waals surface area (Å²) in [5.41, 5.74) is 6.80. The number of nitrogens with one attached hydrogen (secondary N) is 1. The van der Waals surface area contributed by atoms with Crippen LogP contribution in [0.2, 0.25) is 0 Å². The molecule has 1 rings (SSSR count). The molecule has 0 saturated heterocycles. The van der Waals surface area contributed by atoms with Gasteiger partial charge in [0.25, 0.3) is 5.91 Å². The van der Waals surface area contributed by atoms with Gasteiger partial charge in [0.2, 0.25) is 0 Å². The van der Waals surface area contributed by atoms with E-state index in [2.05, 4.69) is 5.32 Å². The fourth-order valence-corrected chi connectivity index (χ4v) is 1.52. The van der Waals surface area contributed by atoms with E-state index in [-0.39, 0.29) is 12.0 Å². The van der Waals surface area contributed by atoms with Crippen LogP contribution in [0.25, 0.3) is 0 Å². The minimum absolute atomic E-state index is 0.000867. The first-order valence-electron chi connectivity index (χ1n) is 5.84. The lowest BCUT2D eigenvalue weighted by molar-refractivity contribution is -0.128. The van der Waals surface area contributed by atoms with Crippen molar-refractivity contribution in [3.8, 4) is 5.75 Å². The first kappa shape index (κ1) is 14.3. The molecule has 0 aromatic heterocycles. The van der Waals surface area contributed by atoms with Gasteiger partial charge in [-0.15, -0.1) is 0 Å². The topological polar surface area (TPSA) is 73.6 Å². The van der Waals surface area contributed by atoms with Crippen molar-refractivity contribution in [1.29, 1.82) is 0 Å². The molecule has 1 amide bonds. The molecule has 5 nitrogen and oxygen atoms in total. The third-order valence-corrected chi connectivity index (χ3v) is 2.33. The van der Waals surface area contributed by atoms with Crippen molar-refractivity contribution in [2.45, 2.75) is 33.0 Å². The largest absolute Gasteiger partial charge is 0.494 e. The van der Waals surface area contributed by atoms with E-state index in [0.717, 1.165) is 0 Å². The quantitative estimate of drug-likeness (QED) is 0.786. The van der Waals surface area contributed by atoms with Gasteiger partial charge in [0.1, 0.15) is 11.9 Å². The van der Waals surface area contributed by atoms with Crippen LogP contribution < -0.4 is 15.8 Å². The number of hydrogen-bond donors (Lipinski definition) is 2. The highest BCUT2D eigenvalue weighted by molar-refractivity contribution is 5.95. The number of nitrogens with two attached hydrogens (primary N) is 1. The van der Waals surface area contributed by atoms with Crippen LogP contribution in [0.5, 0.6) is 5.75 Å². The number of carbonyl (C=O) groups is 1. The second kappa shape index (κ2) is 6.26. The Labute approximate surface area is 107 Å². The third-order valence-electron chi connectivity index (χ3n) is 2.33. The molecule has 1 unspecified atom stereocenters. The maximum absolute atomic E-state index is 11.9. The first-order chi connectivity index (χ1) is 8.43. The van der Waals surface area contributed by atoms with Gasteiger partial charge in [-0.2, -0.15) is 0 Å². The van der Waals surface area contributed by atoms with Crippen molar-refractivity contribution in [3.05, 3.63) is 18.2 Å². The van der Waals surface area contributed by atoms with Crippen LogP contribution in [0.1, 0.15) is 20.8 Å². The Kier molecular flexibility index (Phi) is 4.97. The molecule has 18 heavy (non-hydrogen) atoms. The van der Waals surface area contributed by atoms with E-state index in [1.54, 1.807) is 25.1 Å². The molecule has 100 valence electrons. The van der Waals surface area contributed by atoms with Gasteiger partial charge in [0.15, 0.2) is 0 Å². The number of rotatable bonds is 5. The van der Waals surface area contributed by atoms with Crippen LogP contribution in [0.4, 0.5) is 11.4 Å². The Balaban J connectivity index is 2.75. The van der Waals surface area contributed by atoms with Crippen molar-refractivity contribution < 1.29 is 14.3 Å². The van der Waals surface area contributed by atoms with Crippen LogP contribution in [-0.2, 0) is 9.53 Å². The molecule has 0 bridgehead atoms. The van der Waals surface area contributed by atoms with Crippen molar-refractivity contribution in [2.24, 2.45) is 0 Å². The Morgan fingerprint density at radius 2 is 2.00 bits per heavy atom. The summed E-state index contributed by atoms with van der Waals surface area (Å²) in [5.74, 6) is 0.312. The second-order valence-electron chi connectivity index (χ2n) is 4.28. The van der Waals surface area contributed by atoms with E-state index in [9.17, 15) is 4.79 Å². The molecule has 1 aromatic rings. The molecule has 0 heterocycles. The number of methoxy groups -OCH3 is 1. The fraction of sp³-hybridized carbons (Fsp3) is 0.462. The minimum Gasteiger partial charge on any atom is -0.494 e. The lowest BCUT2D eigenvalue weighted by atomic mass is 10.2. The average Bonchev–Trinajstić information content (AvgIpc) is 2.30. The number of ether oxygens (including phenoxy) is 2. The molecule has 0 aliphatic carbocycles. The monoisotopic (exact) mass is 252 g/mol. The van der Waals surface area contributed by atoms with E-state index in [4.69, 9.17) is 15.2 Å². The molecule has 0 saturated carbocycles. The summed E-state index contributed by atoms with van der Waals surface area (Å²) in [4.78, 5) is 11.9. The summed E-state index contributed by atoms with van der Waals surface area (Å²) in [6.45, 7) is 5.47. The summed E-state index contributed by atoms with van der Waals surface area (Å²) in [7, 11) is 1.53. The number of benzene rings is 1. The van der Waals surface area contributed by atoms with Gasteiger partial charge < -0.3 is 20.5 Å². The highest BCUT2D eigenvalue weighted by atomic mass is 16.5. The van der Waals surface area contributed by atoms with Gasteiger partial charge in [-0.25, -0.2) is 0 Å². The second-order valence-corrected chi connectivity index (χ2v) is 4.28. The Morgan fingerprint density at radius 3 is 2.56 bits per heavy atom. The lowest BCUT2D eigenvalue weighted by Crippen LogP contribution is -2.30. The molecule has 0 aliphatic rings. The van der Waals surface area contributed by atoms with E-state index >= 15 is 0 Å². The lowest BCUT2D eigenvalue weighted by Gasteiger charge is -2.17. The van der Waals surface area contributed by atoms with Crippen LogP contribution in [0.15, 0.2) is 18.2 Å². The van der Waals surface area contributed by atoms with Gasteiger partial charge >= 0.3 is 0 Å². The molecule has 3 N–H and O–H groups in total. The molecule has 0 fully saturated rings. The standard InChI is InChI=1S/C13H20N2O3/c1-8(2)18-9(3)13(16)15-11-6-5-10(14)7-12(11)17-4/h5-9H,14H2,1-4H3,(H,15,16). The van der Waals surface area contributed by atoms with Crippen LogP contribution in [-0.4, -0.2) is 25.2 Å². The smallest absolute Gasteiger partial charge is 0.253 e. The molecular formula is C13H20N2O3. The maximum atomic E-state index is 11.9. The van der Waals surface area contributed by atoms with E-state index in [0.29, 0.717) is 17.1 Å². The van der Waals surface area contributed by atoms with Crippen molar-refractivity contribution in [3.63, 3.8) is 0 Å². The maximum Gasteiger partial charge on any atom is 0.253 e. The van der Waals surface area contributed by atoms with Crippen molar-refractivity contribution in [2.75, 3.05) is 18.2 Å². The number of nitrogen functional groups attached to an aromatic ring is 1. The SMILES string of the molecule is COc1cc(N)ccc1NC(=O)C(C)OC(C)C. The highest BCUT2D eigenvalue weighted by Crippen LogP contribution is 2.26. The summed E-state index contributed by atoms with van der Waals surface area (Å²) in [6, 6.07) is 5.06. The Bertz CT molecular complexity index is 419. The number of hydrogen-bond acceptors (Lipinski definition) is 4. The number of anilines is 2. The first-order valence-corrected chi connectivity index (χ1v) is 5.84. The number of amides is 1. The van der Waals surface area contributed by atoms with E-state index in [1.165, 1.54) is 7.11 Å². The average molecular weight is 252 g/mol. The normalized spacial score (nSPS) is 12.3. The zero-order chi connectivity index (χ0) is 13.7. The van der Waals surface area contributed by atoms with Crippen molar-refractivity contribution in [1.82, 2.24) is 0 Å². The van der Waals surface area contributed by atoms with Gasteiger partial charge in [-0.05, 0) is 32.9 Å². The zero-order valence-electron chi connectivity index (χ0n) is 11.2. The molecule has 0 aliphatic heterocycles. The van der Waals surface area contributed by atoms with Crippen LogP contribution >= 0.6 is 0 Å². The predicted molar refractivity (Wildman–Crippen MR) is 71.7 cm³/mol. The van der Waals surface area contributed by atoms with Crippen LogP contribution in [0.3, 0.4) is 0 Å². The highest BCUT2D eigenvalue weighted by Gasteiger charge is 2.16. The molecule has 1 aromatic carbocycles. The van der Waals surface area contributed by atoms with E-state index < -0.39 is 6.10 Å². The summed E-state index contributed by atoms with van der Waals surface area (Å²) in [5, 5.41) is 2.75.